The van der Waals surface area contributed by atoms with E-state index in [-0.39, 0.29) is 0 Å². The Hall–Kier alpha value is -8.12. The van der Waals surface area contributed by atoms with Crippen LogP contribution >= 0.6 is 45.5 Å². The summed E-state index contributed by atoms with van der Waals surface area (Å²) in [5.74, 6) is 9.51. The van der Waals surface area contributed by atoms with E-state index in [1.54, 1.807) is 69.6 Å². The van der Waals surface area contributed by atoms with Crippen LogP contribution in [-0.2, 0) is 0 Å². The van der Waals surface area contributed by atoms with Gasteiger partial charge in [0, 0.05) is 35.3 Å². The third-order valence-corrected chi connectivity index (χ3v) is 8.34. The first kappa shape index (κ1) is 225. The maximum Gasteiger partial charge on any atom is 0.213 e. The van der Waals surface area contributed by atoms with Gasteiger partial charge in [-0.3, -0.25) is 10.1 Å². The molecule has 0 bridgehead atoms. The zero-order chi connectivity index (χ0) is 126. The molecule has 0 aliphatic carbocycles. The number of benzene rings is 2. The van der Waals surface area contributed by atoms with Crippen LogP contribution in [0.25, 0.3) is 22.0 Å². The molecule has 11 aromatic heterocycles. The summed E-state index contributed by atoms with van der Waals surface area (Å²) in [4.78, 5) is 21.6. The van der Waals surface area contributed by atoms with Crippen LogP contribution in [0.5, 0.6) is 0 Å². The SMILES string of the molecule is CC.CC.CC.CC.CC.CC.CC.CC.CC.CC.CC.CC.CC.CC.CC.CC.CC.CC.CC.CC.CC.CC.CC(C)C.CC(C)C.CC(C)C.CC(C)C.CC(C)C.CC(C)C.CC(C)C.CC(C)C.CC(C)C.CC(C)C.CC(C)c1nc2ccccc2o1.c1cc[nH]c1.c1ccc2[nH]ncc2c1.c1ccoc1.c1ccsc1.c1cocn1.c1cscn1.c1ncon1.c1ncsn1.c1nnco1.c1nncs1. The van der Waals surface area contributed by atoms with Gasteiger partial charge in [-0.15, -0.1) is 43.1 Å². The van der Waals surface area contributed by atoms with E-state index < -0.39 is 0 Å². The van der Waals surface area contributed by atoms with Gasteiger partial charge in [0.2, 0.25) is 19.2 Å². The Morgan fingerprint density at radius 2 is 0.607 bits per heavy atom. The van der Waals surface area contributed by atoms with Gasteiger partial charge in [0.25, 0.3) is 0 Å². The van der Waals surface area contributed by atoms with Gasteiger partial charge in [-0.05, 0) is 124 Å². The van der Waals surface area contributed by atoms with Crippen molar-refractivity contribution in [2.75, 3.05) is 0 Å². The quantitative estimate of drug-likeness (QED) is 0.155. The minimum atomic E-state index is 0.359. The molecule has 0 spiro atoms. The van der Waals surface area contributed by atoms with Crippen LogP contribution in [0, 0.1) is 59.2 Å². The highest BCUT2D eigenvalue weighted by Crippen LogP contribution is 2.20. The molecule has 2 N–H and O–H groups in total. The molecular formula is C127H276N14O5S4. The molecule has 0 fully saturated rings. The fourth-order valence-corrected chi connectivity index (χ4v) is 5.00. The smallest absolute Gasteiger partial charge is 0.213 e. The first-order chi connectivity index (χ1) is 72.1. The standard InChI is InChI=1S/C10H11NO.C7H6N2.C4H5N.C4H4O.C4H4S.10C4H10.C3H3NO.C3H3NS.2C2H2N2O.2C2H2N2S.22C2H6/c1-7(2)10-11-8-5-3-4-6-9(8)12-10;1-2-4-7-6(3-1)5-8-9-7;3*1-2-4-5-3-1;10*1-4(2)3;2*1-2-5-3-4-1;1-3-4-2-5-1;1-3-2-5-4-1;1-3-4-2-5-1;1-3-2-5-4-1;22*1-2/h3-7H,1-2H3;1-5H,(H,8,9);1-5H;2*1-4H;10*4H,1-3H3;2*1-3H;4*1-2H;22*1-2H3. The molecule has 13 aromatic rings. The Labute approximate surface area is 961 Å². The predicted molar refractivity (Wildman–Crippen MR) is 710 cm³/mol. The van der Waals surface area contributed by atoms with E-state index in [1.165, 1.54) is 67.4 Å². The molecule has 19 nitrogen and oxygen atoms in total. The number of aromatic amines is 2. The highest BCUT2D eigenvalue weighted by Gasteiger charge is 2.07. The van der Waals surface area contributed by atoms with E-state index in [0.717, 1.165) is 87.1 Å². The number of oxazole rings is 2. The summed E-state index contributed by atoms with van der Waals surface area (Å²) in [5.41, 5.74) is 9.75. The van der Waals surface area contributed by atoms with Crippen LogP contribution in [-0.4, -0.2) is 70.0 Å². The number of nitrogens with one attached hydrogen (secondary N) is 2. The molecule has 0 unspecified atom stereocenters. The second kappa shape index (κ2) is 288. The van der Waals surface area contributed by atoms with Crippen molar-refractivity contribution in [2.24, 2.45) is 59.2 Å². The Balaban J connectivity index is -0.0000000356. The van der Waals surface area contributed by atoms with E-state index in [2.05, 4.69) is 309 Å². The van der Waals surface area contributed by atoms with Gasteiger partial charge in [-0.2, -0.15) is 20.8 Å². The molecule has 13 rings (SSSR count). The van der Waals surface area contributed by atoms with Crippen molar-refractivity contribution in [3.8, 4) is 0 Å². The first-order valence-corrected chi connectivity index (χ1v) is 61.9. The molecule has 0 saturated heterocycles. The van der Waals surface area contributed by atoms with Crippen LogP contribution in [0.4, 0.5) is 0 Å². The summed E-state index contributed by atoms with van der Waals surface area (Å²) in [6.45, 7) is 157. The predicted octanol–water partition coefficient (Wildman–Crippen LogP) is 50.8. The van der Waals surface area contributed by atoms with E-state index >= 15 is 0 Å². The van der Waals surface area contributed by atoms with Gasteiger partial charge in [0.1, 0.15) is 34.6 Å². The number of fused-ring (bicyclic) bond motifs is 2. The first-order valence-electron chi connectivity index (χ1n) is 58.2. The molecule has 0 aliphatic heterocycles. The van der Waals surface area contributed by atoms with Crippen molar-refractivity contribution in [1.29, 1.82) is 0 Å². The molecule has 0 radical (unpaired) electrons. The number of hydrogen-bond acceptors (Lipinski definition) is 21. The summed E-state index contributed by atoms with van der Waals surface area (Å²) in [6.07, 6.45) is 21.7. The maximum absolute atomic E-state index is 5.52. The molecule has 2 aromatic carbocycles. The minimum absolute atomic E-state index is 0.359. The molecule has 0 amide bonds. The minimum Gasteiger partial charge on any atom is -0.473 e. The molecule has 11 heterocycles. The number of hydrogen-bond donors (Lipinski definition) is 2. The fourth-order valence-electron chi connectivity index (χ4n) is 3.65. The topological polar surface area (TPSA) is 252 Å². The Morgan fingerprint density at radius 1 is 0.267 bits per heavy atom. The van der Waals surface area contributed by atoms with Crippen LogP contribution in [0.1, 0.15) is 538 Å². The third kappa shape index (κ3) is 456. The van der Waals surface area contributed by atoms with Gasteiger partial charge in [0.05, 0.1) is 35.9 Å². The zero-order valence-electron chi connectivity index (χ0n) is 115. The monoisotopic (exact) mass is 2210 g/mol. The summed E-state index contributed by atoms with van der Waals surface area (Å²) in [6, 6.07) is 27.4. The largest absolute Gasteiger partial charge is 0.473 e. The molecular weight excluding hydrogens is 1930 g/mol. The Morgan fingerprint density at radius 3 is 0.773 bits per heavy atom. The number of thiazole rings is 1. The molecule has 150 heavy (non-hydrogen) atoms. The van der Waals surface area contributed by atoms with Crippen LogP contribution in [0.15, 0.2) is 233 Å². The zero-order valence-corrected chi connectivity index (χ0v) is 118. The van der Waals surface area contributed by atoms with E-state index in [9.17, 15) is 0 Å². The van der Waals surface area contributed by atoms with E-state index in [1.807, 2.05) is 424 Å². The number of nitrogens with zero attached hydrogens (tertiary/aromatic N) is 12. The van der Waals surface area contributed by atoms with Crippen LogP contribution < -0.4 is 0 Å². The second-order valence-corrected chi connectivity index (χ2v) is 31.5. The summed E-state index contributed by atoms with van der Waals surface area (Å²) in [7, 11) is 0. The fraction of sp³-hybridized carbons (Fsp3) is 0.685. The number of thiophene rings is 1. The molecule has 0 aliphatic rings. The van der Waals surface area contributed by atoms with E-state index in [4.69, 9.17) is 4.42 Å². The highest BCUT2D eigenvalue weighted by molar-refractivity contribution is 7.08. The number of rotatable bonds is 1. The lowest BCUT2D eigenvalue weighted by molar-refractivity contribution is 0.416. The van der Waals surface area contributed by atoms with Gasteiger partial charge < -0.3 is 27.2 Å². The normalized spacial score (nSPS) is 7.19. The summed E-state index contributed by atoms with van der Waals surface area (Å²) < 4.78 is 26.8. The lowest BCUT2D eigenvalue weighted by Gasteiger charge is -1.93. The van der Waals surface area contributed by atoms with Crippen LogP contribution in [0.2, 0.25) is 0 Å². The van der Waals surface area contributed by atoms with Gasteiger partial charge in [-0.25, -0.2) is 19.9 Å². The third-order valence-electron chi connectivity index (χ3n) is 6.33. The van der Waals surface area contributed by atoms with Crippen molar-refractivity contribution in [2.45, 2.75) is 532 Å². The van der Waals surface area contributed by atoms with Crippen molar-refractivity contribution in [3.05, 3.63) is 217 Å². The van der Waals surface area contributed by atoms with Crippen molar-refractivity contribution in [3.63, 3.8) is 0 Å². The number of aromatic nitrogens is 14. The number of furan rings is 1. The molecule has 23 heteroatoms. The number of para-hydroxylation sites is 3. The van der Waals surface area contributed by atoms with E-state index in [0.29, 0.717) is 5.92 Å². The summed E-state index contributed by atoms with van der Waals surface area (Å²) in [5, 5.41) is 30.8. The van der Waals surface area contributed by atoms with Crippen molar-refractivity contribution < 1.29 is 22.2 Å². The van der Waals surface area contributed by atoms with Gasteiger partial charge >= 0.3 is 0 Å². The average molecular weight is 2210 g/mol. The second-order valence-electron chi connectivity index (χ2n) is 28.6. The Bertz CT molecular complexity index is 2530. The van der Waals surface area contributed by atoms with Gasteiger partial charge in [0.15, 0.2) is 24.2 Å². The van der Waals surface area contributed by atoms with Crippen molar-refractivity contribution >= 4 is 67.5 Å². The lowest BCUT2D eigenvalue weighted by Crippen LogP contribution is -1.84. The lowest BCUT2D eigenvalue weighted by atomic mass is 10.2. The van der Waals surface area contributed by atoms with Crippen molar-refractivity contribution in [1.82, 2.24) is 70.0 Å². The Kier molecular flexibility index (Phi) is 432. The summed E-state index contributed by atoms with van der Waals surface area (Å²) >= 11 is 6.16. The van der Waals surface area contributed by atoms with Gasteiger partial charge in [-0.1, -0.05) is 574 Å². The average Bonchev–Trinajstić information content (AvgIpc) is 1.69. The number of H-pyrrole nitrogens is 2. The molecule has 908 valence electrons. The highest BCUT2D eigenvalue weighted by atomic mass is 32.1. The maximum atomic E-state index is 5.52. The molecule has 0 saturated carbocycles. The van der Waals surface area contributed by atoms with Crippen LogP contribution in [0.3, 0.4) is 0 Å². The molecule has 0 atom stereocenters.